The van der Waals surface area contributed by atoms with Gasteiger partial charge in [-0.15, -0.1) is 0 Å². The summed E-state index contributed by atoms with van der Waals surface area (Å²) in [6, 6.07) is 1.97. The third-order valence-electron chi connectivity index (χ3n) is 3.81. The standard InChI is InChI=1S/C16H25N3O2/c1-11(2)6-5-9-21-16-13(15(17)19-20)10-12-7-3-4-8-14(12)18-16/h10-11,20H,3-9H2,1-2H3,(H2,17,19). The van der Waals surface area contributed by atoms with Crippen molar-refractivity contribution in [2.75, 3.05) is 6.61 Å². The van der Waals surface area contributed by atoms with Crippen LogP contribution in [0.25, 0.3) is 0 Å². The summed E-state index contributed by atoms with van der Waals surface area (Å²) in [5.41, 5.74) is 8.64. The average Bonchev–Trinajstić information content (AvgIpc) is 2.49. The normalized spacial score (nSPS) is 15.1. The molecular formula is C16H25N3O2. The minimum Gasteiger partial charge on any atom is -0.477 e. The van der Waals surface area contributed by atoms with E-state index >= 15 is 0 Å². The van der Waals surface area contributed by atoms with Crippen molar-refractivity contribution >= 4 is 5.84 Å². The van der Waals surface area contributed by atoms with Crippen molar-refractivity contribution in [1.29, 1.82) is 0 Å². The van der Waals surface area contributed by atoms with Gasteiger partial charge in [0.15, 0.2) is 5.84 Å². The number of ether oxygens (including phenoxy) is 1. The van der Waals surface area contributed by atoms with Crippen molar-refractivity contribution in [2.45, 2.75) is 52.4 Å². The molecule has 1 aliphatic rings. The van der Waals surface area contributed by atoms with E-state index in [1.54, 1.807) is 0 Å². The molecule has 0 bridgehead atoms. The second-order valence-corrected chi connectivity index (χ2v) is 6.02. The number of oxime groups is 1. The van der Waals surface area contributed by atoms with E-state index in [1.807, 2.05) is 6.07 Å². The number of nitrogens with two attached hydrogens (primary N) is 1. The number of hydrogen-bond donors (Lipinski definition) is 2. The van der Waals surface area contributed by atoms with Gasteiger partial charge in [-0.2, -0.15) is 0 Å². The summed E-state index contributed by atoms with van der Waals surface area (Å²) in [5, 5.41) is 12.0. The van der Waals surface area contributed by atoms with Crippen LogP contribution >= 0.6 is 0 Å². The lowest BCUT2D eigenvalue weighted by molar-refractivity contribution is 0.284. The van der Waals surface area contributed by atoms with Crippen LogP contribution in [0.5, 0.6) is 5.88 Å². The quantitative estimate of drug-likeness (QED) is 0.278. The zero-order valence-corrected chi connectivity index (χ0v) is 12.9. The van der Waals surface area contributed by atoms with E-state index in [1.165, 1.54) is 12.0 Å². The summed E-state index contributed by atoms with van der Waals surface area (Å²) in [6.45, 7) is 4.99. The van der Waals surface area contributed by atoms with Gasteiger partial charge in [0, 0.05) is 5.69 Å². The van der Waals surface area contributed by atoms with Gasteiger partial charge < -0.3 is 15.7 Å². The Labute approximate surface area is 126 Å². The molecule has 5 nitrogen and oxygen atoms in total. The highest BCUT2D eigenvalue weighted by Crippen LogP contribution is 2.26. The molecule has 0 aromatic carbocycles. The van der Waals surface area contributed by atoms with Crippen molar-refractivity contribution in [3.05, 3.63) is 22.9 Å². The predicted molar refractivity (Wildman–Crippen MR) is 83.0 cm³/mol. The monoisotopic (exact) mass is 291 g/mol. The fraction of sp³-hybridized carbons (Fsp3) is 0.625. The first kappa shape index (κ1) is 15.6. The molecule has 0 fully saturated rings. The molecule has 0 saturated heterocycles. The maximum absolute atomic E-state index is 8.94. The Balaban J connectivity index is 2.16. The molecule has 1 heterocycles. The third-order valence-corrected chi connectivity index (χ3v) is 3.81. The molecule has 0 radical (unpaired) electrons. The summed E-state index contributed by atoms with van der Waals surface area (Å²) in [4.78, 5) is 4.60. The molecule has 2 rings (SSSR count). The van der Waals surface area contributed by atoms with Crippen LogP contribution < -0.4 is 10.5 Å². The lowest BCUT2D eigenvalue weighted by atomic mass is 9.95. The van der Waals surface area contributed by atoms with E-state index in [0.717, 1.165) is 37.8 Å². The van der Waals surface area contributed by atoms with Crippen LogP contribution in [0.15, 0.2) is 11.2 Å². The lowest BCUT2D eigenvalue weighted by Gasteiger charge is -2.18. The molecule has 3 N–H and O–H groups in total. The number of amidine groups is 1. The van der Waals surface area contributed by atoms with E-state index in [9.17, 15) is 0 Å². The Morgan fingerprint density at radius 2 is 2.19 bits per heavy atom. The Morgan fingerprint density at radius 1 is 1.43 bits per heavy atom. The zero-order valence-electron chi connectivity index (χ0n) is 12.9. The number of hydrogen-bond acceptors (Lipinski definition) is 4. The number of aromatic nitrogens is 1. The Morgan fingerprint density at radius 3 is 2.90 bits per heavy atom. The molecule has 5 heteroatoms. The molecule has 0 aliphatic heterocycles. The van der Waals surface area contributed by atoms with Gasteiger partial charge in [-0.25, -0.2) is 4.98 Å². The first-order valence-corrected chi connectivity index (χ1v) is 7.75. The Hall–Kier alpha value is -1.78. The van der Waals surface area contributed by atoms with Gasteiger partial charge in [0.2, 0.25) is 5.88 Å². The van der Waals surface area contributed by atoms with Gasteiger partial charge >= 0.3 is 0 Å². The van der Waals surface area contributed by atoms with Crippen molar-refractivity contribution < 1.29 is 9.94 Å². The minimum atomic E-state index is 0.0646. The van der Waals surface area contributed by atoms with Gasteiger partial charge in [-0.1, -0.05) is 19.0 Å². The number of rotatable bonds is 6. The van der Waals surface area contributed by atoms with Crippen molar-refractivity contribution in [2.24, 2.45) is 16.8 Å². The molecule has 1 aromatic heterocycles. The van der Waals surface area contributed by atoms with Crippen LogP contribution in [-0.4, -0.2) is 22.6 Å². The van der Waals surface area contributed by atoms with Gasteiger partial charge in [0.05, 0.1) is 12.2 Å². The maximum atomic E-state index is 8.94. The molecule has 21 heavy (non-hydrogen) atoms. The van der Waals surface area contributed by atoms with Crippen LogP contribution in [0, 0.1) is 5.92 Å². The molecule has 116 valence electrons. The average molecular weight is 291 g/mol. The summed E-state index contributed by atoms with van der Waals surface area (Å²) in [7, 11) is 0. The van der Waals surface area contributed by atoms with Crippen LogP contribution in [-0.2, 0) is 12.8 Å². The van der Waals surface area contributed by atoms with Crippen molar-refractivity contribution in [1.82, 2.24) is 4.98 Å². The van der Waals surface area contributed by atoms with Crippen LogP contribution in [0.3, 0.4) is 0 Å². The highest BCUT2D eigenvalue weighted by molar-refractivity contribution is 5.99. The van der Waals surface area contributed by atoms with Gasteiger partial charge in [-0.05, 0) is 56.1 Å². The summed E-state index contributed by atoms with van der Waals surface area (Å²) in [6.07, 6.45) is 6.40. The maximum Gasteiger partial charge on any atom is 0.224 e. The highest BCUT2D eigenvalue weighted by atomic mass is 16.5. The SMILES string of the molecule is CC(C)CCCOc1nc2c(cc1C(N)=NO)CCCC2. The predicted octanol–water partition coefficient (Wildman–Crippen LogP) is 2.87. The topological polar surface area (TPSA) is 80.7 Å². The molecular weight excluding hydrogens is 266 g/mol. The fourth-order valence-electron chi connectivity index (χ4n) is 2.62. The van der Waals surface area contributed by atoms with E-state index < -0.39 is 0 Å². The third kappa shape index (κ3) is 4.09. The number of nitrogens with zero attached hydrogens (tertiary/aromatic N) is 2. The van der Waals surface area contributed by atoms with Gasteiger partial charge in [-0.3, -0.25) is 0 Å². The Kier molecular flexibility index (Phi) is 5.42. The van der Waals surface area contributed by atoms with Crippen LogP contribution in [0.2, 0.25) is 0 Å². The fourth-order valence-corrected chi connectivity index (χ4v) is 2.62. The molecule has 0 saturated carbocycles. The van der Waals surface area contributed by atoms with Crippen LogP contribution in [0.4, 0.5) is 0 Å². The van der Waals surface area contributed by atoms with Crippen molar-refractivity contribution in [3.63, 3.8) is 0 Å². The number of pyridine rings is 1. The lowest BCUT2D eigenvalue weighted by Crippen LogP contribution is -2.19. The molecule has 0 unspecified atom stereocenters. The summed E-state index contributed by atoms with van der Waals surface area (Å²) in [5.74, 6) is 1.22. The number of aryl methyl sites for hydroxylation is 2. The Bertz CT molecular complexity index is 512. The zero-order chi connectivity index (χ0) is 15.2. The second kappa shape index (κ2) is 7.29. The van der Waals surface area contributed by atoms with Crippen LogP contribution in [0.1, 0.15) is 56.4 Å². The second-order valence-electron chi connectivity index (χ2n) is 6.02. The first-order chi connectivity index (χ1) is 10.1. The van der Waals surface area contributed by atoms with E-state index in [2.05, 4.69) is 24.0 Å². The molecule has 1 aliphatic carbocycles. The van der Waals surface area contributed by atoms with E-state index in [0.29, 0.717) is 24.0 Å². The molecule has 0 spiro atoms. The smallest absolute Gasteiger partial charge is 0.224 e. The van der Waals surface area contributed by atoms with Gasteiger partial charge in [0.1, 0.15) is 0 Å². The molecule has 0 atom stereocenters. The highest BCUT2D eigenvalue weighted by Gasteiger charge is 2.18. The minimum absolute atomic E-state index is 0.0646. The molecule has 1 aromatic rings. The van der Waals surface area contributed by atoms with E-state index in [-0.39, 0.29) is 5.84 Å². The van der Waals surface area contributed by atoms with Gasteiger partial charge in [0.25, 0.3) is 0 Å². The number of fused-ring (bicyclic) bond motifs is 1. The molecule has 0 amide bonds. The summed E-state index contributed by atoms with van der Waals surface area (Å²) < 4.78 is 5.79. The summed E-state index contributed by atoms with van der Waals surface area (Å²) >= 11 is 0. The first-order valence-electron chi connectivity index (χ1n) is 7.75. The van der Waals surface area contributed by atoms with E-state index in [4.69, 9.17) is 15.7 Å². The largest absolute Gasteiger partial charge is 0.477 e. The van der Waals surface area contributed by atoms with Crippen molar-refractivity contribution in [3.8, 4) is 5.88 Å².